The maximum atomic E-state index is 14.1. The Morgan fingerprint density at radius 3 is 2.35 bits per heavy atom. The zero-order valence-electron chi connectivity index (χ0n) is 19.2. The third kappa shape index (κ3) is 5.48. The second kappa shape index (κ2) is 10.2. The van der Waals surface area contributed by atoms with Crippen LogP contribution in [0.2, 0.25) is 0 Å². The van der Waals surface area contributed by atoms with Crippen molar-refractivity contribution in [2.24, 2.45) is 0 Å². The highest BCUT2D eigenvalue weighted by Crippen LogP contribution is 2.68. The van der Waals surface area contributed by atoms with Gasteiger partial charge in [-0.05, 0) is 65.2 Å². The predicted octanol–water partition coefficient (Wildman–Crippen LogP) is 5.02. The minimum absolute atomic E-state index is 0.101. The monoisotopic (exact) mass is 455 g/mol. The normalized spacial score (nSPS) is 20.4. The number of hydrogen-bond acceptors (Lipinski definition) is 7. The van der Waals surface area contributed by atoms with E-state index >= 15 is 0 Å². The molecule has 1 aromatic carbocycles. The molecule has 0 aromatic heterocycles. The summed E-state index contributed by atoms with van der Waals surface area (Å²) in [7, 11) is -2.44. The molecule has 0 unspecified atom stereocenters. The van der Waals surface area contributed by atoms with Crippen LogP contribution in [0.25, 0.3) is 0 Å². The van der Waals surface area contributed by atoms with Crippen LogP contribution >= 0.6 is 7.60 Å². The molecule has 0 bridgehead atoms. The van der Waals surface area contributed by atoms with Crippen molar-refractivity contribution in [2.75, 3.05) is 20.3 Å². The Morgan fingerprint density at radius 2 is 1.87 bits per heavy atom. The summed E-state index contributed by atoms with van der Waals surface area (Å²) in [4.78, 5) is 26.2. The summed E-state index contributed by atoms with van der Waals surface area (Å²) in [6.07, 6.45) is 0.264. The van der Waals surface area contributed by atoms with Gasteiger partial charge in [-0.1, -0.05) is 12.1 Å². The first-order valence-corrected chi connectivity index (χ1v) is 12.1. The predicted molar refractivity (Wildman–Crippen MR) is 118 cm³/mol. The zero-order chi connectivity index (χ0) is 23.3. The van der Waals surface area contributed by atoms with Crippen molar-refractivity contribution in [3.63, 3.8) is 0 Å². The van der Waals surface area contributed by atoms with E-state index in [-0.39, 0.29) is 31.8 Å². The van der Waals surface area contributed by atoms with E-state index in [1.807, 2.05) is 0 Å². The summed E-state index contributed by atoms with van der Waals surface area (Å²) in [6.45, 7) is 8.83. The van der Waals surface area contributed by atoms with Gasteiger partial charge in [0.1, 0.15) is 11.4 Å². The van der Waals surface area contributed by atoms with Gasteiger partial charge in [0.2, 0.25) is 0 Å². The van der Waals surface area contributed by atoms with Crippen molar-refractivity contribution in [3.05, 3.63) is 29.8 Å². The molecule has 1 fully saturated rings. The van der Waals surface area contributed by atoms with Gasteiger partial charge in [-0.3, -0.25) is 9.36 Å². The lowest BCUT2D eigenvalue weighted by Crippen LogP contribution is -2.50. The molecular weight excluding hydrogens is 421 g/mol. The Labute approximate surface area is 184 Å². The third-order valence-electron chi connectivity index (χ3n) is 5.10. The standard InChI is InChI=1S/C22H34NO7P/c1-7-28-31(26,29-8-2)22(14-10-13-18(22)24)19(23-20(25)30-21(3,4)5)16-11-9-12-17(15-16)27-6/h9,11-12,15,19H,7-8,10,13-14H2,1-6H3,(H,23,25)/t19-,22-/m1/s1. The van der Waals surface area contributed by atoms with Gasteiger partial charge >= 0.3 is 13.7 Å². The average molecular weight is 455 g/mol. The van der Waals surface area contributed by atoms with Crippen LogP contribution in [-0.2, 0) is 23.1 Å². The van der Waals surface area contributed by atoms with Gasteiger partial charge in [0.25, 0.3) is 0 Å². The van der Waals surface area contributed by atoms with E-state index in [1.165, 1.54) is 7.11 Å². The SMILES string of the molecule is CCOP(=O)(OCC)[C@]1([C@H](NC(=O)OC(C)(C)C)c2cccc(OC)c2)CCCC1=O. The summed E-state index contributed by atoms with van der Waals surface area (Å²) < 4.78 is 36.2. The Bertz CT molecular complexity index is 825. The molecule has 1 aliphatic carbocycles. The van der Waals surface area contributed by atoms with E-state index in [0.717, 1.165) is 0 Å². The van der Waals surface area contributed by atoms with Crippen molar-refractivity contribution in [2.45, 2.75) is 70.7 Å². The molecule has 31 heavy (non-hydrogen) atoms. The molecule has 174 valence electrons. The van der Waals surface area contributed by atoms with Crippen LogP contribution < -0.4 is 10.1 Å². The van der Waals surface area contributed by atoms with Gasteiger partial charge in [0, 0.05) is 6.42 Å². The summed E-state index contributed by atoms with van der Waals surface area (Å²) in [6, 6.07) is 5.97. The topological polar surface area (TPSA) is 100 Å². The second-order valence-corrected chi connectivity index (χ2v) is 10.7. The highest BCUT2D eigenvalue weighted by Gasteiger charge is 2.63. The lowest BCUT2D eigenvalue weighted by molar-refractivity contribution is -0.120. The van der Waals surface area contributed by atoms with Crippen LogP contribution in [0.4, 0.5) is 4.79 Å². The Kier molecular flexibility index (Phi) is 8.31. The number of rotatable bonds is 9. The lowest BCUT2D eigenvalue weighted by Gasteiger charge is -2.41. The number of ether oxygens (including phenoxy) is 2. The fourth-order valence-corrected chi connectivity index (χ4v) is 6.55. The number of methoxy groups -OCH3 is 1. The van der Waals surface area contributed by atoms with Crippen LogP contribution in [0.5, 0.6) is 5.75 Å². The summed E-state index contributed by atoms with van der Waals surface area (Å²) in [5.74, 6) is 0.276. The van der Waals surface area contributed by atoms with Crippen LogP contribution in [-0.4, -0.2) is 43.0 Å². The van der Waals surface area contributed by atoms with Gasteiger partial charge in [-0.2, -0.15) is 0 Å². The smallest absolute Gasteiger partial charge is 0.408 e. The van der Waals surface area contributed by atoms with Crippen LogP contribution in [0.1, 0.15) is 65.5 Å². The summed E-state index contributed by atoms with van der Waals surface area (Å²) in [5.41, 5.74) is -0.195. The Hall–Kier alpha value is -1.89. The van der Waals surface area contributed by atoms with Gasteiger partial charge in [0.05, 0.1) is 26.4 Å². The van der Waals surface area contributed by atoms with Gasteiger partial charge in [0.15, 0.2) is 10.9 Å². The molecule has 1 aliphatic rings. The summed E-state index contributed by atoms with van der Waals surface area (Å²) in [5, 5.41) is 1.24. The maximum absolute atomic E-state index is 14.1. The zero-order valence-corrected chi connectivity index (χ0v) is 20.1. The lowest BCUT2D eigenvalue weighted by atomic mass is 9.89. The molecule has 1 N–H and O–H groups in total. The van der Waals surface area contributed by atoms with Gasteiger partial charge in [-0.25, -0.2) is 4.79 Å². The first-order chi connectivity index (χ1) is 14.5. The van der Waals surface area contributed by atoms with Crippen molar-refractivity contribution in [1.82, 2.24) is 5.32 Å². The second-order valence-electron chi connectivity index (χ2n) is 8.39. The fourth-order valence-electron chi connectivity index (χ4n) is 3.96. The Balaban J connectivity index is 2.68. The van der Waals surface area contributed by atoms with Crippen LogP contribution in [0.3, 0.4) is 0 Å². The molecule has 2 atom stereocenters. The highest BCUT2D eigenvalue weighted by atomic mass is 31.2. The number of amides is 1. The number of ketones is 1. The van der Waals surface area contributed by atoms with Gasteiger partial charge < -0.3 is 23.8 Å². The number of carbonyl (C=O) groups is 2. The number of nitrogens with one attached hydrogen (secondary N) is 1. The molecule has 1 aromatic rings. The van der Waals surface area contributed by atoms with E-state index in [0.29, 0.717) is 17.7 Å². The first-order valence-electron chi connectivity index (χ1n) is 10.6. The summed E-state index contributed by atoms with van der Waals surface area (Å²) >= 11 is 0. The number of Topliss-reactive ketones (excluding diaryl/α,β-unsaturated/α-hetero) is 1. The molecule has 0 heterocycles. The molecule has 0 saturated heterocycles. The van der Waals surface area contributed by atoms with Crippen LogP contribution in [0, 0.1) is 0 Å². The van der Waals surface area contributed by atoms with E-state index in [2.05, 4.69) is 5.32 Å². The van der Waals surface area contributed by atoms with E-state index in [1.54, 1.807) is 58.9 Å². The first kappa shape index (κ1) is 25.4. The largest absolute Gasteiger partial charge is 0.497 e. The third-order valence-corrected chi connectivity index (χ3v) is 8.00. The van der Waals surface area contributed by atoms with E-state index in [4.69, 9.17) is 18.5 Å². The molecule has 1 amide bonds. The average Bonchev–Trinajstić information content (AvgIpc) is 3.08. The minimum atomic E-state index is -3.97. The molecule has 2 rings (SSSR count). The quantitative estimate of drug-likeness (QED) is 0.522. The molecule has 1 saturated carbocycles. The van der Waals surface area contributed by atoms with Crippen molar-refractivity contribution >= 4 is 19.5 Å². The van der Waals surface area contributed by atoms with Crippen molar-refractivity contribution in [1.29, 1.82) is 0 Å². The number of alkyl carbamates (subject to hydrolysis) is 1. The molecule has 0 spiro atoms. The minimum Gasteiger partial charge on any atom is -0.497 e. The van der Waals surface area contributed by atoms with Crippen molar-refractivity contribution in [3.8, 4) is 5.75 Å². The number of hydrogen-bond donors (Lipinski definition) is 1. The van der Waals surface area contributed by atoms with Crippen LogP contribution in [0.15, 0.2) is 24.3 Å². The van der Waals surface area contributed by atoms with Gasteiger partial charge in [-0.15, -0.1) is 0 Å². The highest BCUT2D eigenvalue weighted by molar-refractivity contribution is 7.57. The fraction of sp³-hybridized carbons (Fsp3) is 0.636. The Morgan fingerprint density at radius 1 is 1.23 bits per heavy atom. The molecule has 8 nitrogen and oxygen atoms in total. The number of benzene rings is 1. The maximum Gasteiger partial charge on any atom is 0.408 e. The molecule has 0 aliphatic heterocycles. The molecule has 0 radical (unpaired) electrons. The van der Waals surface area contributed by atoms with Crippen molar-refractivity contribution < 1.29 is 32.7 Å². The molecule has 9 heteroatoms. The van der Waals surface area contributed by atoms with E-state index < -0.39 is 30.5 Å². The number of carbonyl (C=O) groups excluding carboxylic acids is 2. The molecular formula is C22H34NO7P. The van der Waals surface area contributed by atoms with E-state index in [9.17, 15) is 14.2 Å².